The van der Waals surface area contributed by atoms with Crippen molar-refractivity contribution < 1.29 is 0 Å². The Kier molecular flexibility index (Phi) is 4.89. The first kappa shape index (κ1) is 14.6. The zero-order valence-corrected chi connectivity index (χ0v) is 13.7. The molecule has 3 rings (SSSR count). The van der Waals surface area contributed by atoms with Crippen molar-refractivity contribution in [3.05, 3.63) is 77.4 Å². The fourth-order valence-corrected chi connectivity index (χ4v) is 3.48. The Hall–Kier alpha value is -1.38. The molecule has 1 aliphatic rings. The smallest absolute Gasteiger partial charge is 0.0252 e. The summed E-state index contributed by atoms with van der Waals surface area (Å²) in [4.78, 5) is 2.54. The first-order valence-corrected chi connectivity index (χ1v) is 8.31. The number of likely N-dealkylation sites (tertiary alicyclic amines) is 1. The molecule has 108 valence electrons. The monoisotopic (exact) mass is 341 g/mol. The summed E-state index contributed by atoms with van der Waals surface area (Å²) in [7, 11) is 0. The SMILES string of the molecule is Br/C(=C1\CCCN(Cc2ccccc2)C1)c1ccccc1. The molecule has 2 heteroatoms. The Morgan fingerprint density at radius 2 is 1.62 bits per heavy atom. The fraction of sp³-hybridized carbons (Fsp3) is 0.263. The van der Waals surface area contributed by atoms with Gasteiger partial charge in [-0.2, -0.15) is 0 Å². The van der Waals surface area contributed by atoms with Gasteiger partial charge in [-0.1, -0.05) is 76.6 Å². The van der Waals surface area contributed by atoms with Crippen molar-refractivity contribution in [2.24, 2.45) is 0 Å². The third kappa shape index (κ3) is 3.84. The molecule has 0 spiro atoms. The first-order valence-electron chi connectivity index (χ1n) is 7.52. The van der Waals surface area contributed by atoms with Crippen molar-refractivity contribution in [2.75, 3.05) is 13.1 Å². The van der Waals surface area contributed by atoms with Crippen LogP contribution in [0.5, 0.6) is 0 Å². The minimum atomic E-state index is 1.04. The van der Waals surface area contributed by atoms with Gasteiger partial charge in [0.05, 0.1) is 0 Å². The summed E-state index contributed by atoms with van der Waals surface area (Å²) in [5, 5.41) is 0. The van der Waals surface area contributed by atoms with E-state index in [9.17, 15) is 0 Å². The maximum absolute atomic E-state index is 3.81. The fourth-order valence-electron chi connectivity index (χ4n) is 2.89. The minimum absolute atomic E-state index is 1.04. The van der Waals surface area contributed by atoms with Gasteiger partial charge in [0, 0.05) is 17.6 Å². The largest absolute Gasteiger partial charge is 0.295 e. The van der Waals surface area contributed by atoms with E-state index in [1.807, 2.05) is 0 Å². The van der Waals surface area contributed by atoms with Crippen LogP contribution in [0.4, 0.5) is 0 Å². The van der Waals surface area contributed by atoms with Crippen molar-refractivity contribution >= 4 is 20.4 Å². The van der Waals surface area contributed by atoms with Crippen LogP contribution < -0.4 is 0 Å². The normalized spacial score (nSPS) is 18.5. The van der Waals surface area contributed by atoms with E-state index in [4.69, 9.17) is 0 Å². The number of halogens is 1. The summed E-state index contributed by atoms with van der Waals surface area (Å²) in [5.74, 6) is 0. The van der Waals surface area contributed by atoms with Crippen molar-refractivity contribution in [1.29, 1.82) is 0 Å². The molecule has 2 aromatic carbocycles. The predicted molar refractivity (Wildman–Crippen MR) is 93.2 cm³/mol. The molecule has 0 aromatic heterocycles. The van der Waals surface area contributed by atoms with Crippen LogP contribution in [-0.2, 0) is 6.54 Å². The van der Waals surface area contributed by atoms with Gasteiger partial charge >= 0.3 is 0 Å². The topological polar surface area (TPSA) is 3.24 Å². The molecule has 1 aliphatic heterocycles. The Labute approximate surface area is 135 Å². The van der Waals surface area contributed by atoms with Gasteiger partial charge in [-0.15, -0.1) is 0 Å². The van der Waals surface area contributed by atoms with Gasteiger partial charge < -0.3 is 0 Å². The Morgan fingerprint density at radius 3 is 2.33 bits per heavy atom. The summed E-state index contributed by atoms with van der Waals surface area (Å²) in [6, 6.07) is 21.4. The lowest BCUT2D eigenvalue weighted by Crippen LogP contribution is -2.31. The molecule has 0 unspecified atom stereocenters. The lowest BCUT2D eigenvalue weighted by atomic mass is 10.0. The maximum atomic E-state index is 3.81. The second-order valence-corrected chi connectivity index (χ2v) is 6.38. The standard InChI is InChI=1S/C19H20BrN/c20-19(17-10-5-2-6-11-17)18-12-7-13-21(15-18)14-16-8-3-1-4-9-16/h1-6,8-11H,7,12-15H2/b19-18+. The molecule has 0 N–H and O–H groups in total. The lowest BCUT2D eigenvalue weighted by molar-refractivity contribution is 0.258. The van der Waals surface area contributed by atoms with Crippen LogP contribution in [0, 0.1) is 0 Å². The van der Waals surface area contributed by atoms with Gasteiger partial charge in [0.2, 0.25) is 0 Å². The number of hydrogen-bond acceptors (Lipinski definition) is 1. The highest BCUT2D eigenvalue weighted by molar-refractivity contribution is 9.15. The van der Waals surface area contributed by atoms with Gasteiger partial charge in [-0.3, -0.25) is 4.90 Å². The Balaban J connectivity index is 1.74. The molecule has 0 saturated carbocycles. The molecular weight excluding hydrogens is 322 g/mol. The molecule has 0 atom stereocenters. The number of benzene rings is 2. The Bertz CT molecular complexity index is 604. The van der Waals surface area contributed by atoms with Gasteiger partial charge in [0.15, 0.2) is 0 Å². The van der Waals surface area contributed by atoms with E-state index in [1.165, 1.54) is 40.6 Å². The van der Waals surface area contributed by atoms with E-state index in [2.05, 4.69) is 81.5 Å². The van der Waals surface area contributed by atoms with Crippen LogP contribution in [0.2, 0.25) is 0 Å². The van der Waals surface area contributed by atoms with Crippen LogP contribution in [-0.4, -0.2) is 18.0 Å². The average Bonchev–Trinajstić information content (AvgIpc) is 2.56. The molecule has 21 heavy (non-hydrogen) atoms. The first-order chi connectivity index (χ1) is 10.3. The third-order valence-electron chi connectivity index (χ3n) is 3.95. The average molecular weight is 342 g/mol. The number of piperidine rings is 1. The van der Waals surface area contributed by atoms with Crippen molar-refractivity contribution in [3.8, 4) is 0 Å². The molecule has 0 bridgehead atoms. The molecular formula is C19H20BrN. The lowest BCUT2D eigenvalue weighted by Gasteiger charge is -2.29. The van der Waals surface area contributed by atoms with Crippen LogP contribution >= 0.6 is 15.9 Å². The van der Waals surface area contributed by atoms with E-state index in [0.717, 1.165) is 13.1 Å². The van der Waals surface area contributed by atoms with Crippen molar-refractivity contribution in [2.45, 2.75) is 19.4 Å². The Morgan fingerprint density at radius 1 is 0.952 bits per heavy atom. The number of nitrogens with zero attached hydrogens (tertiary/aromatic N) is 1. The molecule has 0 amide bonds. The van der Waals surface area contributed by atoms with Gasteiger partial charge in [-0.05, 0) is 36.1 Å². The summed E-state index contributed by atoms with van der Waals surface area (Å²) in [5.41, 5.74) is 4.20. The summed E-state index contributed by atoms with van der Waals surface area (Å²) >= 11 is 3.81. The minimum Gasteiger partial charge on any atom is -0.295 e. The molecule has 0 radical (unpaired) electrons. The molecule has 2 aromatic rings. The third-order valence-corrected chi connectivity index (χ3v) is 4.97. The van der Waals surface area contributed by atoms with E-state index in [0.29, 0.717) is 0 Å². The van der Waals surface area contributed by atoms with E-state index >= 15 is 0 Å². The van der Waals surface area contributed by atoms with Crippen molar-refractivity contribution in [1.82, 2.24) is 4.90 Å². The van der Waals surface area contributed by atoms with E-state index < -0.39 is 0 Å². The molecule has 1 heterocycles. The number of hydrogen-bond donors (Lipinski definition) is 0. The summed E-state index contributed by atoms with van der Waals surface area (Å²) in [6.45, 7) is 3.29. The highest BCUT2D eigenvalue weighted by Crippen LogP contribution is 2.30. The maximum Gasteiger partial charge on any atom is 0.0252 e. The van der Waals surface area contributed by atoms with Crippen LogP contribution in [0.25, 0.3) is 4.48 Å². The highest BCUT2D eigenvalue weighted by Gasteiger charge is 2.17. The molecule has 1 fully saturated rings. The summed E-state index contributed by atoms with van der Waals surface area (Å²) < 4.78 is 1.28. The predicted octanol–water partition coefficient (Wildman–Crippen LogP) is 5.09. The number of rotatable bonds is 3. The van der Waals surface area contributed by atoms with Gasteiger partial charge in [-0.25, -0.2) is 0 Å². The highest BCUT2D eigenvalue weighted by atomic mass is 79.9. The van der Waals surface area contributed by atoms with E-state index in [1.54, 1.807) is 0 Å². The summed E-state index contributed by atoms with van der Waals surface area (Å²) in [6.07, 6.45) is 2.44. The van der Waals surface area contributed by atoms with Crippen molar-refractivity contribution in [3.63, 3.8) is 0 Å². The molecule has 1 nitrogen and oxygen atoms in total. The quantitative estimate of drug-likeness (QED) is 0.751. The van der Waals surface area contributed by atoms with Gasteiger partial charge in [0.1, 0.15) is 0 Å². The zero-order valence-electron chi connectivity index (χ0n) is 12.1. The molecule has 0 aliphatic carbocycles. The van der Waals surface area contributed by atoms with Crippen LogP contribution in [0.1, 0.15) is 24.0 Å². The van der Waals surface area contributed by atoms with Gasteiger partial charge in [0.25, 0.3) is 0 Å². The second-order valence-electron chi connectivity index (χ2n) is 5.58. The van der Waals surface area contributed by atoms with Crippen LogP contribution in [0.15, 0.2) is 66.2 Å². The molecule has 1 saturated heterocycles. The van der Waals surface area contributed by atoms with E-state index in [-0.39, 0.29) is 0 Å². The second kappa shape index (κ2) is 7.06. The zero-order chi connectivity index (χ0) is 14.5. The van der Waals surface area contributed by atoms with Crippen LogP contribution in [0.3, 0.4) is 0 Å².